The van der Waals surface area contributed by atoms with Crippen LogP contribution in [0.5, 0.6) is 0 Å². The molecule has 0 unspecified atom stereocenters. The lowest BCUT2D eigenvalue weighted by Gasteiger charge is -2.17. The second-order valence-electron chi connectivity index (χ2n) is 14.2. The van der Waals surface area contributed by atoms with Gasteiger partial charge in [-0.25, -0.2) is 4.79 Å². The molecule has 13 heteroatoms. The molecule has 0 aromatic heterocycles. The first-order valence-electron chi connectivity index (χ1n) is 17.8. The molecule has 4 atom stereocenters. The molecule has 0 bridgehead atoms. The SMILES string of the molecule is CC(C)[C@H](C)C(=O)C[C@@H](C)C(=O)Nc1ccc(CO)cc1.CC(C)[C@H](C)C(=O)C[C@@H](C)C(=O)Nc1ccc(COC(=O)OB2C(=O)CCC2=O)cc1. The Hall–Kier alpha value is -4.65. The number of amides is 2. The number of rotatable bonds is 16. The number of carbonyl (C=O) groups excluding carboxylic acids is 7. The fraction of sp³-hybridized carbons (Fsp3) is 0.513. The van der Waals surface area contributed by atoms with Gasteiger partial charge in [0.1, 0.15) is 18.2 Å². The van der Waals surface area contributed by atoms with Crippen LogP contribution in [0.4, 0.5) is 16.2 Å². The lowest BCUT2D eigenvalue weighted by molar-refractivity contribution is -0.128. The van der Waals surface area contributed by atoms with Crippen molar-refractivity contribution in [2.75, 3.05) is 10.6 Å². The Bertz CT molecular complexity index is 1540. The molecule has 2 aromatic carbocycles. The number of aliphatic hydroxyl groups excluding tert-OH is 1. The molecule has 0 spiro atoms. The summed E-state index contributed by atoms with van der Waals surface area (Å²) in [5.41, 5.74) is 1.81. The van der Waals surface area contributed by atoms with E-state index in [1.54, 1.807) is 62.4 Å². The highest BCUT2D eigenvalue weighted by Gasteiger charge is 2.43. The second kappa shape index (κ2) is 21.0. The summed E-state index contributed by atoms with van der Waals surface area (Å²) in [5.74, 6) is -0.605. The molecule has 52 heavy (non-hydrogen) atoms. The fourth-order valence-corrected chi connectivity index (χ4v) is 4.91. The van der Waals surface area contributed by atoms with Crippen LogP contribution in [0, 0.1) is 35.5 Å². The lowest BCUT2D eigenvalue weighted by atomic mass is 9.64. The van der Waals surface area contributed by atoms with Crippen molar-refractivity contribution in [3.8, 4) is 0 Å². The number of ketones is 2. The van der Waals surface area contributed by atoms with Crippen molar-refractivity contribution in [1.82, 2.24) is 0 Å². The summed E-state index contributed by atoms with van der Waals surface area (Å²) in [6.45, 7) is 13.7. The van der Waals surface area contributed by atoms with Crippen LogP contribution in [0.25, 0.3) is 0 Å². The van der Waals surface area contributed by atoms with Crippen LogP contribution in [0.2, 0.25) is 0 Å². The third-order valence-electron chi connectivity index (χ3n) is 9.32. The van der Waals surface area contributed by atoms with E-state index in [-0.39, 0.29) is 85.9 Å². The maximum Gasteiger partial charge on any atom is 0.506 e. The molecule has 282 valence electrons. The van der Waals surface area contributed by atoms with Gasteiger partial charge >= 0.3 is 13.1 Å². The first-order chi connectivity index (χ1) is 24.4. The van der Waals surface area contributed by atoms with Crippen molar-refractivity contribution >= 4 is 59.2 Å². The van der Waals surface area contributed by atoms with Crippen LogP contribution in [0.1, 0.15) is 92.2 Å². The highest BCUT2D eigenvalue weighted by atomic mass is 16.7. The summed E-state index contributed by atoms with van der Waals surface area (Å²) in [4.78, 5) is 83.3. The van der Waals surface area contributed by atoms with Gasteiger partial charge in [-0.05, 0) is 47.2 Å². The van der Waals surface area contributed by atoms with E-state index in [9.17, 15) is 33.6 Å². The average molecular weight is 721 g/mol. The van der Waals surface area contributed by atoms with Crippen LogP contribution in [-0.2, 0) is 51.4 Å². The number of Topliss-reactive ketones (excluding diaryl/α,β-unsaturated/α-hetero) is 2. The Morgan fingerprint density at radius 3 is 1.40 bits per heavy atom. The summed E-state index contributed by atoms with van der Waals surface area (Å²) in [6, 6.07) is 13.6. The highest BCUT2D eigenvalue weighted by molar-refractivity contribution is 7.09. The number of ether oxygens (including phenoxy) is 1. The number of nitrogens with one attached hydrogen (secondary N) is 2. The maximum atomic E-state index is 12.4. The summed E-state index contributed by atoms with van der Waals surface area (Å²) < 4.78 is 9.72. The van der Waals surface area contributed by atoms with Crippen molar-refractivity contribution in [3.05, 3.63) is 59.7 Å². The zero-order valence-corrected chi connectivity index (χ0v) is 31.5. The molecule has 1 aliphatic rings. The van der Waals surface area contributed by atoms with Gasteiger partial charge in [-0.1, -0.05) is 79.7 Å². The van der Waals surface area contributed by atoms with E-state index in [0.717, 1.165) is 5.56 Å². The molecule has 2 aromatic rings. The van der Waals surface area contributed by atoms with Gasteiger partial charge in [0.25, 0.3) is 0 Å². The van der Waals surface area contributed by atoms with E-state index in [1.807, 2.05) is 41.5 Å². The molecular formula is C39H53BN2O10. The van der Waals surface area contributed by atoms with Gasteiger partial charge in [0.2, 0.25) is 11.8 Å². The minimum atomic E-state index is -1.36. The predicted molar refractivity (Wildman–Crippen MR) is 198 cm³/mol. The van der Waals surface area contributed by atoms with Crippen molar-refractivity contribution < 1.29 is 48.1 Å². The van der Waals surface area contributed by atoms with E-state index in [2.05, 4.69) is 10.6 Å². The Morgan fingerprint density at radius 2 is 1.04 bits per heavy atom. The van der Waals surface area contributed by atoms with Crippen molar-refractivity contribution in [1.29, 1.82) is 0 Å². The van der Waals surface area contributed by atoms with Crippen molar-refractivity contribution in [2.45, 2.75) is 94.3 Å². The minimum Gasteiger partial charge on any atom is -0.489 e. The summed E-state index contributed by atoms with van der Waals surface area (Å²) >= 11 is 0. The van der Waals surface area contributed by atoms with Crippen LogP contribution < -0.4 is 10.6 Å². The first kappa shape index (κ1) is 43.5. The standard InChI is InChI=1S/C22H28BNO7.C17H25NO3/c1-13(2)15(4)18(25)11-14(3)21(28)24-17-7-5-16(6-8-17)12-30-22(29)31-23-19(26)9-10-20(23)27;1-11(2)13(4)16(20)9-12(3)17(21)18-15-7-5-14(10-19)6-8-15/h5-8,13-15H,9-12H2,1-4H3,(H,24,28);5-8,11-13,19H,9-10H2,1-4H3,(H,18,21)/t14-,15+;12-,13+/m11/s1. The molecule has 3 N–H and O–H groups in total. The van der Waals surface area contributed by atoms with Gasteiger partial charge in [0.05, 0.1) is 6.61 Å². The summed E-state index contributed by atoms with van der Waals surface area (Å²) in [6.07, 6.45) is -0.480. The van der Waals surface area contributed by atoms with Gasteiger partial charge in [-0.15, -0.1) is 0 Å². The normalized spacial score (nSPS) is 14.9. The third kappa shape index (κ3) is 14.2. The average Bonchev–Trinajstić information content (AvgIpc) is 3.42. The molecule has 1 fully saturated rings. The Balaban J connectivity index is 0.000000389. The van der Waals surface area contributed by atoms with E-state index in [0.29, 0.717) is 22.9 Å². The van der Waals surface area contributed by atoms with Crippen LogP contribution >= 0.6 is 0 Å². The molecule has 3 rings (SSSR count). The van der Waals surface area contributed by atoms with E-state index in [1.165, 1.54) is 0 Å². The summed E-state index contributed by atoms with van der Waals surface area (Å²) in [7, 11) is 0. The predicted octanol–water partition coefficient (Wildman–Crippen LogP) is 6.17. The maximum absolute atomic E-state index is 12.4. The number of benzene rings is 2. The monoisotopic (exact) mass is 720 g/mol. The molecule has 0 saturated carbocycles. The lowest BCUT2D eigenvalue weighted by Crippen LogP contribution is -2.34. The first-order valence-corrected chi connectivity index (χ1v) is 17.8. The van der Waals surface area contributed by atoms with Crippen LogP contribution in [0.3, 0.4) is 0 Å². The molecular weight excluding hydrogens is 667 g/mol. The van der Waals surface area contributed by atoms with Crippen LogP contribution in [0.15, 0.2) is 48.5 Å². The van der Waals surface area contributed by atoms with Crippen LogP contribution in [-0.4, -0.2) is 52.9 Å². The Labute approximate surface area is 306 Å². The van der Waals surface area contributed by atoms with E-state index < -0.39 is 30.4 Å². The van der Waals surface area contributed by atoms with Crippen molar-refractivity contribution in [3.63, 3.8) is 0 Å². The molecule has 0 radical (unpaired) electrons. The molecule has 12 nitrogen and oxygen atoms in total. The fourth-order valence-electron chi connectivity index (χ4n) is 4.91. The molecule has 2 amide bonds. The smallest absolute Gasteiger partial charge is 0.489 e. The second-order valence-corrected chi connectivity index (χ2v) is 14.2. The van der Waals surface area contributed by atoms with E-state index >= 15 is 0 Å². The molecule has 1 aliphatic heterocycles. The largest absolute Gasteiger partial charge is 0.506 e. The zero-order valence-electron chi connectivity index (χ0n) is 31.5. The van der Waals surface area contributed by atoms with Gasteiger partial charge in [0.15, 0.2) is 11.4 Å². The van der Waals surface area contributed by atoms with E-state index in [4.69, 9.17) is 14.5 Å². The van der Waals surface area contributed by atoms with Gasteiger partial charge in [0, 0.05) is 60.7 Å². The van der Waals surface area contributed by atoms with Crippen molar-refractivity contribution in [2.24, 2.45) is 35.5 Å². The highest BCUT2D eigenvalue weighted by Crippen LogP contribution is 2.20. The van der Waals surface area contributed by atoms with Gasteiger partial charge in [-0.2, -0.15) is 0 Å². The molecule has 0 aliphatic carbocycles. The topological polar surface area (TPSA) is 182 Å². The number of anilines is 2. The van der Waals surface area contributed by atoms with Gasteiger partial charge in [-0.3, -0.25) is 19.2 Å². The number of aliphatic hydroxyl groups is 1. The number of hydrogen-bond acceptors (Lipinski definition) is 10. The number of carbonyl (C=O) groups is 7. The number of hydrogen-bond donors (Lipinski definition) is 3. The zero-order chi connectivity index (χ0) is 39.1. The molecule has 1 heterocycles. The van der Waals surface area contributed by atoms with Gasteiger partial charge < -0.3 is 34.7 Å². The summed E-state index contributed by atoms with van der Waals surface area (Å²) in [5, 5.41) is 14.5. The molecule has 1 saturated heterocycles. The quantitative estimate of drug-likeness (QED) is 0.134. The Morgan fingerprint density at radius 1 is 0.654 bits per heavy atom. The Kier molecular flexibility index (Phi) is 17.6. The minimum absolute atomic E-state index is 0.0216. The third-order valence-corrected chi connectivity index (χ3v) is 9.32.